The number of benzene rings is 1. The Morgan fingerprint density at radius 1 is 1.00 bits per heavy atom. The van der Waals surface area contributed by atoms with Gasteiger partial charge in [0.2, 0.25) is 0 Å². The van der Waals surface area contributed by atoms with E-state index in [2.05, 4.69) is 25.4 Å². The third-order valence-corrected chi connectivity index (χ3v) is 4.19. The largest absolute Gasteiger partial charge is 0.355 e. The van der Waals surface area contributed by atoms with Crippen LogP contribution in [-0.4, -0.2) is 34.2 Å². The molecule has 0 atom stereocenters. The zero-order chi connectivity index (χ0) is 16.4. The van der Waals surface area contributed by atoms with Crippen molar-refractivity contribution in [2.45, 2.75) is 12.8 Å². The molecule has 1 saturated heterocycles. The summed E-state index contributed by atoms with van der Waals surface area (Å²) in [5.74, 6) is 0.546. The fourth-order valence-corrected chi connectivity index (χ4v) is 2.95. The smallest absolute Gasteiger partial charge is 0.276 e. The van der Waals surface area contributed by atoms with Crippen molar-refractivity contribution in [2.75, 3.05) is 23.3 Å². The van der Waals surface area contributed by atoms with Gasteiger partial charge in [0.05, 0.1) is 11.2 Å². The molecule has 1 amide bonds. The van der Waals surface area contributed by atoms with Crippen LogP contribution in [0.4, 0.5) is 11.5 Å². The van der Waals surface area contributed by atoms with Crippen molar-refractivity contribution in [3.05, 3.63) is 54.4 Å². The molecular weight excluding hydrogens is 302 g/mol. The highest BCUT2D eigenvalue weighted by Crippen LogP contribution is 2.21. The third kappa shape index (κ3) is 2.78. The Morgan fingerprint density at radius 2 is 1.83 bits per heavy atom. The molecule has 3 aromatic rings. The van der Waals surface area contributed by atoms with Gasteiger partial charge in [0.1, 0.15) is 0 Å². The number of anilines is 2. The fourth-order valence-electron chi connectivity index (χ4n) is 2.95. The predicted molar refractivity (Wildman–Crippen MR) is 93.2 cm³/mol. The van der Waals surface area contributed by atoms with Crippen LogP contribution in [0.1, 0.15) is 23.3 Å². The Kier molecular flexibility index (Phi) is 3.78. The van der Waals surface area contributed by atoms with Crippen molar-refractivity contribution in [2.24, 2.45) is 0 Å². The lowest BCUT2D eigenvalue weighted by atomic mass is 10.2. The first-order chi connectivity index (χ1) is 11.8. The zero-order valence-electron chi connectivity index (χ0n) is 13.1. The number of rotatable bonds is 3. The van der Waals surface area contributed by atoms with Crippen LogP contribution in [0.5, 0.6) is 0 Å². The van der Waals surface area contributed by atoms with E-state index in [9.17, 15) is 4.79 Å². The molecule has 0 saturated carbocycles. The van der Waals surface area contributed by atoms with Gasteiger partial charge < -0.3 is 10.2 Å². The molecule has 4 rings (SSSR count). The van der Waals surface area contributed by atoms with Crippen LogP contribution < -0.4 is 10.2 Å². The minimum absolute atomic E-state index is 0.284. The predicted octanol–water partition coefficient (Wildman–Crippen LogP) is 2.88. The second-order valence-corrected chi connectivity index (χ2v) is 5.81. The lowest BCUT2D eigenvalue weighted by Crippen LogP contribution is -2.21. The van der Waals surface area contributed by atoms with Gasteiger partial charge in [-0.3, -0.25) is 9.78 Å². The van der Waals surface area contributed by atoms with Crippen molar-refractivity contribution < 1.29 is 4.79 Å². The molecule has 3 heterocycles. The highest BCUT2D eigenvalue weighted by Gasteiger charge is 2.16. The van der Waals surface area contributed by atoms with Crippen LogP contribution >= 0.6 is 0 Å². The molecule has 0 bridgehead atoms. The molecule has 120 valence electrons. The molecule has 1 fully saturated rings. The number of hydrogen-bond donors (Lipinski definition) is 1. The average Bonchev–Trinajstić information content (AvgIpc) is 3.17. The normalized spacial score (nSPS) is 14.1. The van der Waals surface area contributed by atoms with E-state index in [1.54, 1.807) is 12.3 Å². The van der Waals surface area contributed by atoms with Crippen molar-refractivity contribution in [3.63, 3.8) is 0 Å². The molecule has 0 aliphatic carbocycles. The SMILES string of the molecule is O=C(Nc1cccc2cccnc12)c1ccc(N2CCCC2)nn1. The number of carbonyl (C=O) groups is 1. The molecule has 6 heteroatoms. The maximum absolute atomic E-state index is 12.4. The Bertz CT molecular complexity index is 867. The zero-order valence-corrected chi connectivity index (χ0v) is 13.1. The number of aromatic nitrogens is 3. The molecule has 2 aromatic heterocycles. The summed E-state index contributed by atoms with van der Waals surface area (Å²) in [5.41, 5.74) is 1.73. The van der Waals surface area contributed by atoms with Gasteiger partial charge in [-0.05, 0) is 37.1 Å². The number of carbonyl (C=O) groups excluding carboxylic acids is 1. The molecule has 6 nitrogen and oxygen atoms in total. The number of para-hydroxylation sites is 1. The van der Waals surface area contributed by atoms with Gasteiger partial charge in [-0.25, -0.2) is 0 Å². The standard InChI is InChI=1S/C18H17N5O/c24-18(15-8-9-16(22-21-15)23-11-1-2-12-23)20-14-7-3-5-13-6-4-10-19-17(13)14/h3-10H,1-2,11-12H2,(H,20,24). The van der Waals surface area contributed by atoms with Crippen LogP contribution in [0.25, 0.3) is 10.9 Å². The summed E-state index contributed by atoms with van der Waals surface area (Å²) in [6, 6.07) is 13.1. The van der Waals surface area contributed by atoms with E-state index in [1.165, 1.54) is 12.8 Å². The summed E-state index contributed by atoms with van der Waals surface area (Å²) in [7, 11) is 0. The van der Waals surface area contributed by atoms with Gasteiger partial charge in [0, 0.05) is 24.7 Å². The molecule has 1 aliphatic heterocycles. The molecular formula is C18H17N5O. The molecule has 24 heavy (non-hydrogen) atoms. The Labute approximate surface area is 139 Å². The molecule has 0 spiro atoms. The summed E-state index contributed by atoms with van der Waals surface area (Å²) >= 11 is 0. The average molecular weight is 319 g/mol. The van der Waals surface area contributed by atoms with Gasteiger partial charge in [0.15, 0.2) is 11.5 Å². The highest BCUT2D eigenvalue weighted by molar-refractivity contribution is 6.07. The third-order valence-electron chi connectivity index (χ3n) is 4.19. The number of amides is 1. The topological polar surface area (TPSA) is 71.0 Å². The van der Waals surface area contributed by atoms with Gasteiger partial charge >= 0.3 is 0 Å². The maximum Gasteiger partial charge on any atom is 0.276 e. The number of hydrogen-bond acceptors (Lipinski definition) is 5. The second-order valence-electron chi connectivity index (χ2n) is 5.81. The quantitative estimate of drug-likeness (QED) is 0.804. The van der Waals surface area contributed by atoms with E-state index in [1.807, 2.05) is 36.4 Å². The lowest BCUT2D eigenvalue weighted by molar-refractivity contribution is 0.102. The number of fused-ring (bicyclic) bond motifs is 1. The summed E-state index contributed by atoms with van der Waals surface area (Å²) in [6.45, 7) is 2.00. The molecule has 1 N–H and O–H groups in total. The molecule has 1 aromatic carbocycles. The van der Waals surface area contributed by atoms with E-state index < -0.39 is 0 Å². The van der Waals surface area contributed by atoms with Crippen LogP contribution in [0, 0.1) is 0 Å². The van der Waals surface area contributed by atoms with Crippen LogP contribution in [0.15, 0.2) is 48.7 Å². The van der Waals surface area contributed by atoms with E-state index in [0.29, 0.717) is 11.4 Å². The highest BCUT2D eigenvalue weighted by atomic mass is 16.1. The number of nitrogens with zero attached hydrogens (tertiary/aromatic N) is 4. The van der Waals surface area contributed by atoms with Gasteiger partial charge in [-0.2, -0.15) is 0 Å². The van der Waals surface area contributed by atoms with Gasteiger partial charge in [-0.1, -0.05) is 18.2 Å². The molecule has 0 unspecified atom stereocenters. The Hall–Kier alpha value is -3.02. The molecule has 1 aliphatic rings. The van der Waals surface area contributed by atoms with Crippen LogP contribution in [0.3, 0.4) is 0 Å². The van der Waals surface area contributed by atoms with Crippen molar-refractivity contribution >= 4 is 28.3 Å². The molecule has 0 radical (unpaired) electrons. The first-order valence-electron chi connectivity index (χ1n) is 8.05. The fraction of sp³-hybridized carbons (Fsp3) is 0.222. The van der Waals surface area contributed by atoms with Gasteiger partial charge in [0.25, 0.3) is 5.91 Å². The summed E-state index contributed by atoms with van der Waals surface area (Å²) < 4.78 is 0. The van der Waals surface area contributed by atoms with Crippen LogP contribution in [0.2, 0.25) is 0 Å². The Balaban J connectivity index is 1.55. The van der Waals surface area contributed by atoms with Crippen molar-refractivity contribution in [1.29, 1.82) is 0 Å². The summed E-state index contributed by atoms with van der Waals surface area (Å²) in [6.07, 6.45) is 4.07. The van der Waals surface area contributed by atoms with Crippen molar-refractivity contribution in [3.8, 4) is 0 Å². The summed E-state index contributed by atoms with van der Waals surface area (Å²) in [5, 5.41) is 12.1. The van der Waals surface area contributed by atoms with Crippen LogP contribution in [-0.2, 0) is 0 Å². The minimum Gasteiger partial charge on any atom is -0.355 e. The number of pyridine rings is 1. The van der Waals surface area contributed by atoms with Crippen molar-refractivity contribution in [1.82, 2.24) is 15.2 Å². The van der Waals surface area contributed by atoms with E-state index in [-0.39, 0.29) is 5.91 Å². The number of nitrogens with one attached hydrogen (secondary N) is 1. The van der Waals surface area contributed by atoms with E-state index in [0.717, 1.165) is 29.8 Å². The lowest BCUT2D eigenvalue weighted by Gasteiger charge is -2.15. The van der Waals surface area contributed by atoms with E-state index in [4.69, 9.17) is 0 Å². The minimum atomic E-state index is -0.284. The maximum atomic E-state index is 12.4. The first kappa shape index (κ1) is 14.6. The summed E-state index contributed by atoms with van der Waals surface area (Å²) in [4.78, 5) is 19.0. The Morgan fingerprint density at radius 3 is 2.62 bits per heavy atom. The first-order valence-corrected chi connectivity index (χ1v) is 8.05. The van der Waals surface area contributed by atoms with E-state index >= 15 is 0 Å². The second kappa shape index (κ2) is 6.23. The monoisotopic (exact) mass is 319 g/mol. The van der Waals surface area contributed by atoms with Gasteiger partial charge in [-0.15, -0.1) is 10.2 Å².